The first-order valence-electron chi connectivity index (χ1n) is 9.30. The Morgan fingerprint density at radius 3 is 2.73 bits per heavy atom. The van der Waals surface area contributed by atoms with Gasteiger partial charge in [0.15, 0.2) is 0 Å². The Hall–Kier alpha value is -2.02. The van der Waals surface area contributed by atoms with Gasteiger partial charge in [-0.2, -0.15) is 0 Å². The predicted octanol–water partition coefficient (Wildman–Crippen LogP) is 1.06. The van der Waals surface area contributed by atoms with Crippen molar-refractivity contribution in [2.75, 3.05) is 52.9 Å². The largest absolute Gasteiger partial charge is 0.387 e. The van der Waals surface area contributed by atoms with Gasteiger partial charge in [-0.15, -0.1) is 0 Å². The fraction of sp³-hybridized carbons (Fsp3) is 0.500. The maximum atomic E-state index is 13.0. The summed E-state index contributed by atoms with van der Waals surface area (Å²) in [5.41, 5.74) is 0.533. The summed E-state index contributed by atoms with van der Waals surface area (Å²) in [6, 6.07) is 9.53. The second kappa shape index (κ2) is 6.95. The average molecular weight is 354 g/mol. The van der Waals surface area contributed by atoms with Crippen molar-refractivity contribution in [3.63, 3.8) is 0 Å². The van der Waals surface area contributed by atoms with Gasteiger partial charge in [0.1, 0.15) is 0 Å². The molecule has 1 atom stereocenters. The Morgan fingerprint density at radius 1 is 1.15 bits per heavy atom. The predicted molar refractivity (Wildman–Crippen MR) is 101 cm³/mol. The molecule has 2 aromatic rings. The molecule has 0 bridgehead atoms. The summed E-state index contributed by atoms with van der Waals surface area (Å²) in [6.45, 7) is 5.62. The van der Waals surface area contributed by atoms with E-state index in [0.29, 0.717) is 31.6 Å². The molecule has 0 aliphatic carbocycles. The lowest BCUT2D eigenvalue weighted by atomic mass is 10.0. The first-order valence-corrected chi connectivity index (χ1v) is 9.30. The number of rotatable bonds is 3. The van der Waals surface area contributed by atoms with E-state index >= 15 is 0 Å². The number of hydrogen-bond donors (Lipinski definition) is 1. The lowest BCUT2D eigenvalue weighted by Crippen LogP contribution is -2.52. The van der Waals surface area contributed by atoms with Crippen LogP contribution in [0.5, 0.6) is 0 Å². The SMILES string of the molecule is CN1CCN(CC2(O)CCN(C(=O)c3cccc4cccnc34)C2)CC1. The monoisotopic (exact) mass is 354 g/mol. The van der Waals surface area contributed by atoms with Crippen molar-refractivity contribution in [2.24, 2.45) is 0 Å². The fourth-order valence-corrected chi connectivity index (χ4v) is 4.03. The molecule has 0 spiro atoms. The van der Waals surface area contributed by atoms with Gasteiger partial charge < -0.3 is 14.9 Å². The first-order chi connectivity index (χ1) is 12.5. The van der Waals surface area contributed by atoms with Crippen LogP contribution >= 0.6 is 0 Å². The number of pyridine rings is 1. The van der Waals surface area contributed by atoms with Gasteiger partial charge in [0.2, 0.25) is 0 Å². The summed E-state index contributed by atoms with van der Waals surface area (Å²) in [6.07, 6.45) is 2.34. The Bertz CT molecular complexity index is 798. The number of aliphatic hydroxyl groups is 1. The Morgan fingerprint density at radius 2 is 1.92 bits per heavy atom. The van der Waals surface area contributed by atoms with Gasteiger partial charge in [-0.3, -0.25) is 14.7 Å². The number of likely N-dealkylation sites (N-methyl/N-ethyl adjacent to an activating group) is 1. The van der Waals surface area contributed by atoms with Crippen LogP contribution in [0.25, 0.3) is 10.9 Å². The van der Waals surface area contributed by atoms with Crippen LogP contribution in [0.4, 0.5) is 0 Å². The Kier molecular flexibility index (Phi) is 4.65. The summed E-state index contributed by atoms with van der Waals surface area (Å²) in [7, 11) is 2.13. The minimum atomic E-state index is -0.816. The molecule has 2 aliphatic rings. The number of hydrogen-bond acceptors (Lipinski definition) is 5. The van der Waals surface area contributed by atoms with E-state index in [1.807, 2.05) is 30.3 Å². The van der Waals surface area contributed by atoms with Crippen molar-refractivity contribution >= 4 is 16.8 Å². The van der Waals surface area contributed by atoms with E-state index in [2.05, 4.69) is 21.8 Å². The molecule has 1 N–H and O–H groups in total. The van der Waals surface area contributed by atoms with Crippen molar-refractivity contribution in [3.8, 4) is 0 Å². The number of β-amino-alcohol motifs (C(OH)–C–C–N with tert-alkyl or cyclic N) is 1. The second-order valence-electron chi connectivity index (χ2n) is 7.66. The van der Waals surface area contributed by atoms with E-state index in [9.17, 15) is 9.90 Å². The molecule has 2 aliphatic heterocycles. The molecule has 4 rings (SSSR count). The highest BCUT2D eigenvalue weighted by atomic mass is 16.3. The number of nitrogens with zero attached hydrogens (tertiary/aromatic N) is 4. The van der Waals surface area contributed by atoms with E-state index in [0.717, 1.165) is 37.1 Å². The molecule has 138 valence electrons. The molecule has 1 aromatic heterocycles. The molecule has 2 fully saturated rings. The van der Waals surface area contributed by atoms with Crippen molar-refractivity contribution in [2.45, 2.75) is 12.0 Å². The van der Waals surface area contributed by atoms with E-state index in [-0.39, 0.29) is 5.91 Å². The van der Waals surface area contributed by atoms with Gasteiger partial charge >= 0.3 is 0 Å². The van der Waals surface area contributed by atoms with Crippen LogP contribution in [0.2, 0.25) is 0 Å². The molecule has 0 saturated carbocycles. The van der Waals surface area contributed by atoms with Crippen LogP contribution in [0.3, 0.4) is 0 Å². The molecule has 3 heterocycles. The van der Waals surface area contributed by atoms with Crippen LogP contribution in [-0.2, 0) is 0 Å². The fourth-order valence-electron chi connectivity index (χ4n) is 4.03. The van der Waals surface area contributed by atoms with Gasteiger partial charge in [0.05, 0.1) is 23.2 Å². The second-order valence-corrected chi connectivity index (χ2v) is 7.66. The maximum Gasteiger partial charge on any atom is 0.256 e. The first kappa shape index (κ1) is 17.4. The molecule has 26 heavy (non-hydrogen) atoms. The molecule has 1 amide bonds. The molecule has 0 radical (unpaired) electrons. The standard InChI is InChI=1S/C20H26N4O2/c1-22-10-12-23(13-11-22)14-20(26)7-9-24(15-20)19(25)17-6-2-4-16-5-3-8-21-18(16)17/h2-6,8,26H,7,9-15H2,1H3. The Labute approximate surface area is 154 Å². The zero-order valence-corrected chi connectivity index (χ0v) is 15.3. The van der Waals surface area contributed by atoms with Crippen molar-refractivity contribution in [3.05, 3.63) is 42.1 Å². The molecular weight excluding hydrogens is 328 g/mol. The number of para-hydroxylation sites is 1. The van der Waals surface area contributed by atoms with Gasteiger partial charge in [-0.1, -0.05) is 18.2 Å². The van der Waals surface area contributed by atoms with Gasteiger partial charge in [-0.05, 0) is 25.6 Å². The van der Waals surface area contributed by atoms with E-state index < -0.39 is 5.60 Å². The normalized spacial score (nSPS) is 25.1. The minimum Gasteiger partial charge on any atom is -0.387 e. The number of piperazine rings is 1. The smallest absolute Gasteiger partial charge is 0.256 e. The van der Waals surface area contributed by atoms with E-state index in [4.69, 9.17) is 0 Å². The molecule has 6 heteroatoms. The van der Waals surface area contributed by atoms with Gasteiger partial charge in [0.25, 0.3) is 5.91 Å². The number of amides is 1. The van der Waals surface area contributed by atoms with Crippen LogP contribution in [0.1, 0.15) is 16.8 Å². The van der Waals surface area contributed by atoms with Gasteiger partial charge in [0, 0.05) is 50.9 Å². The summed E-state index contributed by atoms with van der Waals surface area (Å²) in [5, 5.41) is 12.0. The van der Waals surface area contributed by atoms with E-state index in [1.54, 1.807) is 11.1 Å². The van der Waals surface area contributed by atoms with Gasteiger partial charge in [-0.25, -0.2) is 0 Å². The van der Waals surface area contributed by atoms with E-state index in [1.165, 1.54) is 0 Å². The zero-order chi connectivity index (χ0) is 18.1. The zero-order valence-electron chi connectivity index (χ0n) is 15.3. The minimum absolute atomic E-state index is 0.0383. The summed E-state index contributed by atoms with van der Waals surface area (Å²) >= 11 is 0. The highest BCUT2D eigenvalue weighted by Crippen LogP contribution is 2.26. The highest BCUT2D eigenvalue weighted by Gasteiger charge is 2.40. The quantitative estimate of drug-likeness (QED) is 0.893. The molecule has 6 nitrogen and oxygen atoms in total. The van der Waals surface area contributed by atoms with Crippen LogP contribution in [0.15, 0.2) is 36.5 Å². The van der Waals surface area contributed by atoms with Crippen molar-refractivity contribution in [1.29, 1.82) is 0 Å². The number of likely N-dealkylation sites (tertiary alicyclic amines) is 1. The highest BCUT2D eigenvalue weighted by molar-refractivity contribution is 6.05. The van der Waals surface area contributed by atoms with Crippen LogP contribution in [-0.4, -0.2) is 89.2 Å². The molecule has 1 unspecified atom stereocenters. The molecule has 2 saturated heterocycles. The summed E-state index contributed by atoms with van der Waals surface area (Å²) in [4.78, 5) is 23.8. The third kappa shape index (κ3) is 3.45. The van der Waals surface area contributed by atoms with Crippen LogP contribution < -0.4 is 0 Å². The Balaban J connectivity index is 1.46. The average Bonchev–Trinajstić information content (AvgIpc) is 3.04. The third-order valence-corrected chi connectivity index (χ3v) is 5.60. The topological polar surface area (TPSA) is 59.9 Å². The number of benzene rings is 1. The lowest BCUT2D eigenvalue weighted by molar-refractivity contribution is 0.000539. The number of carbonyl (C=O) groups excluding carboxylic acids is 1. The number of fused-ring (bicyclic) bond motifs is 1. The molecular formula is C20H26N4O2. The summed E-state index contributed by atoms with van der Waals surface area (Å²) in [5.74, 6) is -0.0383. The van der Waals surface area contributed by atoms with Crippen LogP contribution in [0, 0.1) is 0 Å². The third-order valence-electron chi connectivity index (χ3n) is 5.60. The summed E-state index contributed by atoms with van der Waals surface area (Å²) < 4.78 is 0. The maximum absolute atomic E-state index is 13.0. The van der Waals surface area contributed by atoms with Crippen molar-refractivity contribution in [1.82, 2.24) is 19.7 Å². The number of carbonyl (C=O) groups is 1. The molecule has 1 aromatic carbocycles. The van der Waals surface area contributed by atoms with Crippen molar-refractivity contribution < 1.29 is 9.90 Å². The lowest BCUT2D eigenvalue weighted by Gasteiger charge is -2.36. The number of aromatic nitrogens is 1.